The summed E-state index contributed by atoms with van der Waals surface area (Å²) < 4.78 is 51.4. The molecule has 1 aliphatic heterocycles. The summed E-state index contributed by atoms with van der Waals surface area (Å²) >= 11 is 0. The maximum absolute atomic E-state index is 13.1. The number of nitrogens with two attached hydrogens (primary N) is 1. The molecular weight excluding hydrogens is 276 g/mol. The molecule has 1 aliphatic rings. The van der Waals surface area contributed by atoms with Crippen molar-refractivity contribution < 1.29 is 22.4 Å². The van der Waals surface area contributed by atoms with Crippen LogP contribution in [0.25, 0.3) is 0 Å². The van der Waals surface area contributed by atoms with Gasteiger partial charge in [-0.15, -0.1) is 0 Å². The molecule has 1 atom stereocenters. The highest BCUT2D eigenvalue weighted by Crippen LogP contribution is 2.32. The van der Waals surface area contributed by atoms with Crippen molar-refractivity contribution in [3.8, 4) is 0 Å². The molecule has 3 nitrogen and oxygen atoms in total. The summed E-state index contributed by atoms with van der Waals surface area (Å²) in [5, 5.41) is 0. The van der Waals surface area contributed by atoms with E-state index in [1.165, 1.54) is 12.1 Å². The van der Waals surface area contributed by atoms with Crippen LogP contribution in [-0.4, -0.2) is 25.2 Å². The first kappa shape index (κ1) is 14.8. The van der Waals surface area contributed by atoms with Gasteiger partial charge in [-0.25, -0.2) is 4.39 Å². The van der Waals surface area contributed by atoms with E-state index in [0.717, 1.165) is 11.0 Å². The van der Waals surface area contributed by atoms with Crippen LogP contribution in [-0.2, 0) is 11.2 Å². The van der Waals surface area contributed by atoms with Gasteiger partial charge in [-0.2, -0.15) is 13.2 Å². The number of hydrogen-bond donors (Lipinski definition) is 1. The number of nitrogens with zero attached hydrogens (tertiary/aromatic N) is 1. The predicted octanol–water partition coefficient (Wildman–Crippen LogP) is 2.24. The maximum Gasteiger partial charge on any atom is 0.394 e. The molecule has 1 aromatic carbocycles. The first-order valence-corrected chi connectivity index (χ1v) is 6.18. The zero-order valence-corrected chi connectivity index (χ0v) is 10.6. The van der Waals surface area contributed by atoms with Gasteiger partial charge in [0.1, 0.15) is 5.82 Å². The van der Waals surface area contributed by atoms with Crippen molar-refractivity contribution in [2.45, 2.75) is 19.0 Å². The monoisotopic (exact) mass is 290 g/mol. The van der Waals surface area contributed by atoms with Crippen LogP contribution in [0.1, 0.15) is 12.0 Å². The lowest BCUT2D eigenvalue weighted by molar-refractivity contribution is -0.169. The number of fused-ring (bicyclic) bond motifs is 1. The number of hydrogen-bond acceptors (Lipinski definition) is 2. The minimum atomic E-state index is -4.47. The Balaban J connectivity index is 2.30. The van der Waals surface area contributed by atoms with Crippen LogP contribution in [0.3, 0.4) is 0 Å². The number of benzene rings is 1. The fourth-order valence-corrected chi connectivity index (χ4v) is 2.26. The Hall–Kier alpha value is -1.63. The number of carbonyl (C=O) groups is 1. The SMILES string of the molecule is NCC(CN1C(=O)CCc2cc(F)ccc21)C(F)(F)F. The highest BCUT2D eigenvalue weighted by molar-refractivity contribution is 5.96. The van der Waals surface area contributed by atoms with Gasteiger partial charge >= 0.3 is 6.18 Å². The molecule has 0 aliphatic carbocycles. The van der Waals surface area contributed by atoms with Crippen molar-refractivity contribution in [1.29, 1.82) is 0 Å². The van der Waals surface area contributed by atoms with E-state index in [1.54, 1.807) is 0 Å². The minimum Gasteiger partial charge on any atom is -0.330 e. The zero-order valence-electron chi connectivity index (χ0n) is 10.6. The fourth-order valence-electron chi connectivity index (χ4n) is 2.26. The summed E-state index contributed by atoms with van der Waals surface area (Å²) in [5.74, 6) is -2.65. The fraction of sp³-hybridized carbons (Fsp3) is 0.462. The Kier molecular flexibility index (Phi) is 3.99. The molecule has 1 aromatic rings. The van der Waals surface area contributed by atoms with Gasteiger partial charge in [0, 0.05) is 25.2 Å². The van der Waals surface area contributed by atoms with Gasteiger partial charge in [0.25, 0.3) is 0 Å². The Bertz CT molecular complexity index is 516. The van der Waals surface area contributed by atoms with Crippen LogP contribution in [0.5, 0.6) is 0 Å². The second-order valence-electron chi connectivity index (χ2n) is 4.75. The molecule has 0 bridgehead atoms. The van der Waals surface area contributed by atoms with Crippen molar-refractivity contribution in [2.24, 2.45) is 11.7 Å². The topological polar surface area (TPSA) is 46.3 Å². The van der Waals surface area contributed by atoms with Crippen LogP contribution in [0.4, 0.5) is 23.2 Å². The van der Waals surface area contributed by atoms with Crippen LogP contribution in [0, 0.1) is 11.7 Å². The molecule has 0 aromatic heterocycles. The lowest BCUT2D eigenvalue weighted by Gasteiger charge is -2.32. The number of rotatable bonds is 3. The van der Waals surface area contributed by atoms with Crippen molar-refractivity contribution in [1.82, 2.24) is 0 Å². The molecule has 7 heteroatoms. The predicted molar refractivity (Wildman–Crippen MR) is 65.7 cm³/mol. The third kappa shape index (κ3) is 2.92. The van der Waals surface area contributed by atoms with Crippen molar-refractivity contribution >= 4 is 11.6 Å². The molecule has 1 unspecified atom stereocenters. The van der Waals surface area contributed by atoms with Crippen molar-refractivity contribution in [3.05, 3.63) is 29.6 Å². The third-order valence-electron chi connectivity index (χ3n) is 3.39. The quantitative estimate of drug-likeness (QED) is 0.868. The number of aryl methyl sites for hydroxylation is 1. The van der Waals surface area contributed by atoms with Gasteiger partial charge in [0.2, 0.25) is 5.91 Å². The van der Waals surface area contributed by atoms with E-state index >= 15 is 0 Å². The second kappa shape index (κ2) is 5.40. The van der Waals surface area contributed by atoms with Gasteiger partial charge in [-0.05, 0) is 30.2 Å². The summed E-state index contributed by atoms with van der Waals surface area (Å²) in [6.45, 7) is -1.12. The number of halogens is 4. The average molecular weight is 290 g/mol. The van der Waals surface area contributed by atoms with E-state index in [9.17, 15) is 22.4 Å². The molecular formula is C13H14F4N2O. The van der Waals surface area contributed by atoms with Gasteiger partial charge in [0.05, 0.1) is 5.92 Å². The first-order chi connectivity index (χ1) is 9.32. The molecule has 20 heavy (non-hydrogen) atoms. The highest BCUT2D eigenvalue weighted by Gasteiger charge is 2.41. The molecule has 1 amide bonds. The van der Waals surface area contributed by atoms with E-state index < -0.39 is 36.9 Å². The highest BCUT2D eigenvalue weighted by atomic mass is 19.4. The van der Waals surface area contributed by atoms with Crippen LogP contribution in [0.15, 0.2) is 18.2 Å². The lowest BCUT2D eigenvalue weighted by atomic mass is 9.99. The van der Waals surface area contributed by atoms with Crippen LogP contribution in [0.2, 0.25) is 0 Å². The standard InChI is InChI=1S/C13H14F4N2O/c14-10-2-3-11-8(5-10)1-4-12(20)19(11)7-9(6-18)13(15,16)17/h2-3,5,9H,1,4,6-7,18H2. The average Bonchev–Trinajstić information content (AvgIpc) is 2.36. The summed E-state index contributed by atoms with van der Waals surface area (Å²) in [4.78, 5) is 12.9. The molecule has 110 valence electrons. The molecule has 0 saturated heterocycles. The normalized spacial score (nSPS) is 17.1. The first-order valence-electron chi connectivity index (χ1n) is 6.18. The Morgan fingerprint density at radius 2 is 2.00 bits per heavy atom. The molecule has 0 spiro atoms. The number of anilines is 1. The van der Waals surface area contributed by atoms with Gasteiger partial charge in [-0.1, -0.05) is 0 Å². The summed E-state index contributed by atoms with van der Waals surface area (Å²) in [7, 11) is 0. The van der Waals surface area contributed by atoms with Crippen molar-refractivity contribution in [3.63, 3.8) is 0 Å². The second-order valence-corrected chi connectivity index (χ2v) is 4.75. The molecule has 0 fully saturated rings. The van der Waals surface area contributed by atoms with Gasteiger partial charge in [-0.3, -0.25) is 4.79 Å². The van der Waals surface area contributed by atoms with E-state index in [-0.39, 0.29) is 6.42 Å². The molecule has 2 rings (SSSR count). The molecule has 2 N–H and O–H groups in total. The summed E-state index contributed by atoms with van der Waals surface area (Å²) in [6, 6.07) is 3.72. The van der Waals surface area contributed by atoms with E-state index in [2.05, 4.69) is 0 Å². The van der Waals surface area contributed by atoms with Gasteiger partial charge in [0.15, 0.2) is 0 Å². The minimum absolute atomic E-state index is 0.0750. The smallest absolute Gasteiger partial charge is 0.330 e. The number of alkyl halides is 3. The third-order valence-corrected chi connectivity index (χ3v) is 3.39. The van der Waals surface area contributed by atoms with E-state index in [4.69, 9.17) is 5.73 Å². The number of carbonyl (C=O) groups excluding carboxylic acids is 1. The summed E-state index contributed by atoms with van der Waals surface area (Å²) in [5.41, 5.74) is 6.03. The van der Waals surface area contributed by atoms with Gasteiger partial charge < -0.3 is 10.6 Å². The Labute approximate surface area is 113 Å². The molecule has 1 heterocycles. The lowest BCUT2D eigenvalue weighted by Crippen LogP contribution is -2.45. The molecule has 0 saturated carbocycles. The van der Waals surface area contributed by atoms with Crippen molar-refractivity contribution in [2.75, 3.05) is 18.0 Å². The van der Waals surface area contributed by atoms with E-state index in [1.807, 2.05) is 0 Å². The zero-order chi connectivity index (χ0) is 14.9. The number of amides is 1. The largest absolute Gasteiger partial charge is 0.394 e. The Morgan fingerprint density at radius 3 is 2.60 bits per heavy atom. The summed E-state index contributed by atoms with van der Waals surface area (Å²) in [6.07, 6.45) is -4.06. The maximum atomic E-state index is 13.1. The van der Waals surface area contributed by atoms with Crippen LogP contribution < -0.4 is 10.6 Å². The molecule has 0 radical (unpaired) electrons. The van der Waals surface area contributed by atoms with Crippen LogP contribution >= 0.6 is 0 Å². The Morgan fingerprint density at radius 1 is 1.30 bits per heavy atom. The van der Waals surface area contributed by atoms with E-state index in [0.29, 0.717) is 17.7 Å².